The minimum absolute atomic E-state index is 0.00664. The Balaban J connectivity index is 1.11. The zero-order valence-corrected chi connectivity index (χ0v) is 18.8. The van der Waals surface area contributed by atoms with Crippen LogP contribution in [0.15, 0.2) is 48.5 Å². The normalized spacial score (nSPS) is 25.3. The molecule has 8 nitrogen and oxygen atoms in total. The molecular formula is C26H28N2O6. The Morgan fingerprint density at radius 1 is 1.06 bits per heavy atom. The fourth-order valence-corrected chi connectivity index (χ4v) is 5.27. The van der Waals surface area contributed by atoms with E-state index in [9.17, 15) is 24.6 Å². The fourth-order valence-electron chi connectivity index (χ4n) is 5.27. The van der Waals surface area contributed by atoms with E-state index in [2.05, 4.69) is 29.6 Å². The lowest BCUT2D eigenvalue weighted by Crippen LogP contribution is -2.55. The molecule has 2 amide bonds. The summed E-state index contributed by atoms with van der Waals surface area (Å²) >= 11 is 0. The van der Waals surface area contributed by atoms with Crippen LogP contribution in [0.2, 0.25) is 0 Å². The third-order valence-corrected chi connectivity index (χ3v) is 7.27. The number of carbonyl (C=O) groups excluding carboxylic acids is 2. The molecule has 2 aromatic rings. The Morgan fingerprint density at radius 2 is 1.71 bits per heavy atom. The number of amides is 2. The van der Waals surface area contributed by atoms with Crippen LogP contribution in [-0.4, -0.2) is 64.9 Å². The van der Waals surface area contributed by atoms with Crippen LogP contribution in [0.1, 0.15) is 36.3 Å². The Labute approximate surface area is 197 Å². The average Bonchev–Trinajstić information content (AvgIpc) is 3.55. The van der Waals surface area contributed by atoms with Crippen LogP contribution < -0.4 is 5.32 Å². The van der Waals surface area contributed by atoms with E-state index in [-0.39, 0.29) is 43.2 Å². The second kappa shape index (κ2) is 8.76. The second-order valence-corrected chi connectivity index (χ2v) is 9.51. The summed E-state index contributed by atoms with van der Waals surface area (Å²) < 4.78 is 5.54. The summed E-state index contributed by atoms with van der Waals surface area (Å²) in [7, 11) is 0. The first-order valence-electron chi connectivity index (χ1n) is 11.7. The van der Waals surface area contributed by atoms with Crippen molar-refractivity contribution >= 4 is 18.0 Å². The number of nitrogens with zero attached hydrogens (tertiary/aromatic N) is 1. The molecule has 2 fully saturated rings. The number of aliphatic carboxylic acids is 1. The average molecular weight is 465 g/mol. The van der Waals surface area contributed by atoms with Crippen LogP contribution in [0.25, 0.3) is 11.1 Å². The van der Waals surface area contributed by atoms with Gasteiger partial charge in [0.25, 0.3) is 0 Å². The highest BCUT2D eigenvalue weighted by molar-refractivity contribution is 5.84. The van der Waals surface area contributed by atoms with Gasteiger partial charge in [-0.1, -0.05) is 48.5 Å². The number of piperidine rings is 1. The molecule has 3 N–H and O–H groups in total. The Kier molecular flexibility index (Phi) is 5.77. The van der Waals surface area contributed by atoms with Crippen LogP contribution in [0.5, 0.6) is 0 Å². The number of hydrogen-bond acceptors (Lipinski definition) is 5. The number of nitrogens with one attached hydrogen (secondary N) is 1. The maximum atomic E-state index is 12.7. The van der Waals surface area contributed by atoms with E-state index in [0.29, 0.717) is 25.9 Å². The first-order valence-corrected chi connectivity index (χ1v) is 11.7. The summed E-state index contributed by atoms with van der Waals surface area (Å²) in [5, 5.41) is 22.2. The van der Waals surface area contributed by atoms with Crippen molar-refractivity contribution in [2.24, 2.45) is 11.8 Å². The van der Waals surface area contributed by atoms with Gasteiger partial charge in [-0.2, -0.15) is 0 Å². The molecule has 0 radical (unpaired) electrons. The summed E-state index contributed by atoms with van der Waals surface area (Å²) in [5.74, 6) is -1.73. The molecule has 2 aromatic carbocycles. The molecule has 1 saturated carbocycles. The van der Waals surface area contributed by atoms with E-state index in [4.69, 9.17) is 4.74 Å². The van der Waals surface area contributed by atoms with Crippen molar-refractivity contribution in [3.05, 3.63) is 59.7 Å². The van der Waals surface area contributed by atoms with Gasteiger partial charge < -0.3 is 25.2 Å². The van der Waals surface area contributed by atoms with Gasteiger partial charge in [-0.05, 0) is 47.4 Å². The van der Waals surface area contributed by atoms with Gasteiger partial charge in [0.1, 0.15) is 6.61 Å². The molecule has 1 heterocycles. The first kappa shape index (κ1) is 22.4. The zero-order valence-electron chi connectivity index (χ0n) is 18.8. The quantitative estimate of drug-likeness (QED) is 0.605. The standard InChI is InChI=1S/C26H28N2O6/c29-23(28-11-5-10-26(33,15-28)24(30)31)21-12-16(21)13-27-25(32)34-14-22-19-8-3-1-6-17(19)18-7-2-4-9-20(18)22/h1-4,6-9,16,21-22,33H,5,10-15H2,(H,27,32)(H,30,31)/t16-,21-,26?/m0/s1. The highest BCUT2D eigenvalue weighted by Crippen LogP contribution is 2.44. The van der Waals surface area contributed by atoms with Gasteiger partial charge in [-0.25, -0.2) is 9.59 Å². The number of carboxylic acid groups (broad SMARTS) is 1. The molecule has 3 atom stereocenters. The third kappa shape index (κ3) is 4.14. The molecule has 0 spiro atoms. The minimum Gasteiger partial charge on any atom is -0.479 e. The number of hydrogen-bond donors (Lipinski definition) is 3. The highest BCUT2D eigenvalue weighted by atomic mass is 16.5. The van der Waals surface area contributed by atoms with Crippen molar-refractivity contribution in [2.45, 2.75) is 30.8 Å². The van der Waals surface area contributed by atoms with Crippen molar-refractivity contribution < 1.29 is 29.3 Å². The summed E-state index contributed by atoms with van der Waals surface area (Å²) in [4.78, 5) is 37.9. The summed E-state index contributed by atoms with van der Waals surface area (Å²) in [5.41, 5.74) is 2.75. The number of carboxylic acids is 1. The van der Waals surface area contributed by atoms with Gasteiger partial charge in [0.15, 0.2) is 5.60 Å². The van der Waals surface area contributed by atoms with Crippen LogP contribution in [-0.2, 0) is 14.3 Å². The molecule has 8 heteroatoms. The molecular weight excluding hydrogens is 436 g/mol. The van der Waals surface area contributed by atoms with Crippen molar-refractivity contribution in [1.82, 2.24) is 10.2 Å². The van der Waals surface area contributed by atoms with Crippen LogP contribution in [0, 0.1) is 11.8 Å². The minimum atomic E-state index is -1.88. The van der Waals surface area contributed by atoms with Gasteiger partial charge in [0.05, 0.1) is 6.54 Å². The van der Waals surface area contributed by atoms with Crippen LogP contribution >= 0.6 is 0 Å². The molecule has 34 heavy (non-hydrogen) atoms. The topological polar surface area (TPSA) is 116 Å². The largest absolute Gasteiger partial charge is 0.479 e. The number of alkyl carbamates (subject to hydrolysis) is 1. The predicted molar refractivity (Wildman–Crippen MR) is 123 cm³/mol. The highest BCUT2D eigenvalue weighted by Gasteiger charge is 2.48. The molecule has 178 valence electrons. The molecule has 0 bridgehead atoms. The van der Waals surface area contributed by atoms with Gasteiger partial charge in [0.2, 0.25) is 5.91 Å². The molecule has 5 rings (SSSR count). The number of fused-ring (bicyclic) bond motifs is 3. The molecule has 3 aliphatic rings. The second-order valence-electron chi connectivity index (χ2n) is 9.51. The van der Waals surface area contributed by atoms with E-state index in [1.54, 1.807) is 0 Å². The number of aliphatic hydroxyl groups is 1. The number of benzene rings is 2. The summed E-state index contributed by atoms with van der Waals surface area (Å²) in [6, 6.07) is 16.3. The molecule has 0 aromatic heterocycles. The van der Waals surface area contributed by atoms with Gasteiger partial charge in [-0.15, -0.1) is 0 Å². The zero-order chi connectivity index (χ0) is 23.9. The number of likely N-dealkylation sites (tertiary alicyclic amines) is 1. The van der Waals surface area contributed by atoms with E-state index < -0.39 is 17.7 Å². The molecule has 2 aliphatic carbocycles. The molecule has 1 unspecified atom stereocenters. The SMILES string of the molecule is O=C(NC[C@@H]1C[C@@H]1C(=O)N1CCCC(O)(C(=O)O)C1)OCC1c2ccccc2-c2ccccc21. The van der Waals surface area contributed by atoms with Crippen molar-refractivity contribution in [2.75, 3.05) is 26.2 Å². The fraction of sp³-hybridized carbons (Fsp3) is 0.423. The number of rotatable bonds is 6. The smallest absolute Gasteiger partial charge is 0.407 e. The Bertz CT molecular complexity index is 1090. The maximum absolute atomic E-state index is 12.7. The van der Waals surface area contributed by atoms with Crippen LogP contribution in [0.3, 0.4) is 0 Å². The summed E-state index contributed by atoms with van der Waals surface area (Å²) in [6.45, 7) is 0.806. The first-order chi connectivity index (χ1) is 16.4. The van der Waals surface area contributed by atoms with Crippen molar-refractivity contribution in [1.29, 1.82) is 0 Å². The van der Waals surface area contributed by atoms with Crippen molar-refractivity contribution in [3.63, 3.8) is 0 Å². The third-order valence-electron chi connectivity index (χ3n) is 7.27. The van der Waals surface area contributed by atoms with Gasteiger partial charge in [0, 0.05) is 24.9 Å². The van der Waals surface area contributed by atoms with Crippen LogP contribution in [0.4, 0.5) is 4.79 Å². The van der Waals surface area contributed by atoms with E-state index in [0.717, 1.165) is 11.1 Å². The number of carbonyl (C=O) groups is 3. The monoisotopic (exact) mass is 464 g/mol. The molecule has 1 saturated heterocycles. The van der Waals surface area contributed by atoms with E-state index in [1.165, 1.54) is 16.0 Å². The Morgan fingerprint density at radius 3 is 2.35 bits per heavy atom. The Hall–Kier alpha value is -3.39. The predicted octanol–water partition coefficient (Wildman–Crippen LogP) is 2.60. The van der Waals surface area contributed by atoms with Gasteiger partial charge in [-0.3, -0.25) is 4.79 Å². The lowest BCUT2D eigenvalue weighted by molar-refractivity contribution is -0.166. The molecule has 1 aliphatic heterocycles. The van der Waals surface area contributed by atoms with Crippen molar-refractivity contribution in [3.8, 4) is 11.1 Å². The number of β-amino-alcohol motifs (C(OH)–C–C–N with tert-alkyl or cyclic N) is 1. The summed E-state index contributed by atoms with van der Waals surface area (Å²) in [6.07, 6.45) is 0.705. The lowest BCUT2D eigenvalue weighted by atomic mass is 9.92. The van der Waals surface area contributed by atoms with Gasteiger partial charge >= 0.3 is 12.1 Å². The van der Waals surface area contributed by atoms with E-state index >= 15 is 0 Å². The lowest BCUT2D eigenvalue weighted by Gasteiger charge is -2.36. The van der Waals surface area contributed by atoms with E-state index in [1.807, 2.05) is 24.3 Å². The number of ether oxygens (including phenoxy) is 1. The maximum Gasteiger partial charge on any atom is 0.407 e.